The molecule has 0 atom stereocenters. The number of hydrogen-bond donors (Lipinski definition) is 1. The summed E-state index contributed by atoms with van der Waals surface area (Å²) in [7, 11) is -3.03. The van der Waals surface area contributed by atoms with Crippen molar-refractivity contribution < 1.29 is 8.42 Å². The number of rotatable bonds is 10. The van der Waals surface area contributed by atoms with Crippen LogP contribution in [0.2, 0.25) is 0 Å². The molecule has 2 fully saturated rings. The maximum absolute atomic E-state index is 12.3. The van der Waals surface area contributed by atoms with Crippen molar-refractivity contribution in [2.45, 2.75) is 39.0 Å². The minimum atomic E-state index is -3.03. The van der Waals surface area contributed by atoms with Crippen molar-refractivity contribution in [1.82, 2.24) is 14.5 Å². The van der Waals surface area contributed by atoms with Crippen LogP contribution in [0.5, 0.6) is 0 Å². The Labute approximate surface area is 130 Å². The van der Waals surface area contributed by atoms with Crippen molar-refractivity contribution >= 4 is 10.0 Å². The van der Waals surface area contributed by atoms with Gasteiger partial charge in [-0.15, -0.1) is 0 Å². The normalized spacial score (nSPS) is 21.8. The van der Waals surface area contributed by atoms with Gasteiger partial charge in [-0.1, -0.05) is 6.92 Å². The molecule has 0 aromatic heterocycles. The van der Waals surface area contributed by atoms with Crippen LogP contribution in [0.3, 0.4) is 0 Å². The Hall–Kier alpha value is -0.170. The molecule has 0 aromatic carbocycles. The Kier molecular flexibility index (Phi) is 6.92. The minimum Gasteiger partial charge on any atom is -0.317 e. The topological polar surface area (TPSA) is 52.7 Å². The van der Waals surface area contributed by atoms with Crippen LogP contribution in [0, 0.1) is 5.92 Å². The first kappa shape index (κ1) is 17.2. The summed E-state index contributed by atoms with van der Waals surface area (Å²) in [6, 6.07) is 0. The molecule has 1 saturated heterocycles. The maximum atomic E-state index is 12.3. The lowest BCUT2D eigenvalue weighted by Crippen LogP contribution is -2.49. The largest absolute Gasteiger partial charge is 0.317 e. The second kappa shape index (κ2) is 8.46. The van der Waals surface area contributed by atoms with E-state index < -0.39 is 10.0 Å². The zero-order valence-electron chi connectivity index (χ0n) is 13.4. The average molecular weight is 317 g/mol. The van der Waals surface area contributed by atoms with E-state index in [2.05, 4.69) is 17.1 Å². The summed E-state index contributed by atoms with van der Waals surface area (Å²) < 4.78 is 26.3. The highest BCUT2D eigenvalue weighted by Gasteiger charge is 2.29. The van der Waals surface area contributed by atoms with Gasteiger partial charge >= 0.3 is 0 Å². The summed E-state index contributed by atoms with van der Waals surface area (Å²) in [5.41, 5.74) is 0. The van der Waals surface area contributed by atoms with E-state index in [0.29, 0.717) is 18.8 Å². The third-order valence-corrected chi connectivity index (χ3v) is 6.33. The van der Waals surface area contributed by atoms with E-state index in [1.54, 1.807) is 4.31 Å². The van der Waals surface area contributed by atoms with Gasteiger partial charge in [0.2, 0.25) is 10.0 Å². The second-order valence-electron chi connectivity index (χ2n) is 6.42. The Morgan fingerprint density at radius 1 is 1.05 bits per heavy atom. The summed E-state index contributed by atoms with van der Waals surface area (Å²) in [5.74, 6) is 1.20. The monoisotopic (exact) mass is 317 g/mol. The van der Waals surface area contributed by atoms with E-state index in [4.69, 9.17) is 0 Å². The molecule has 5 nitrogen and oxygen atoms in total. The molecule has 1 saturated carbocycles. The number of sulfonamides is 1. The standard InChI is InChI=1S/C15H31N3O2S/c1-2-7-16-8-3-4-13-21(19,20)18-11-9-17(10-12-18)14-15-5-6-15/h15-16H,2-14H2,1H3. The van der Waals surface area contributed by atoms with E-state index in [9.17, 15) is 8.42 Å². The molecular formula is C15H31N3O2S. The van der Waals surface area contributed by atoms with Crippen LogP contribution in [0.15, 0.2) is 0 Å². The van der Waals surface area contributed by atoms with Gasteiger partial charge in [0.25, 0.3) is 0 Å². The van der Waals surface area contributed by atoms with Crippen LogP contribution >= 0.6 is 0 Å². The number of unbranched alkanes of at least 4 members (excludes halogenated alkanes) is 1. The Bertz CT molecular complexity index is 388. The summed E-state index contributed by atoms with van der Waals surface area (Å²) >= 11 is 0. The fourth-order valence-electron chi connectivity index (χ4n) is 2.82. The van der Waals surface area contributed by atoms with Crippen LogP contribution in [0.25, 0.3) is 0 Å². The van der Waals surface area contributed by atoms with E-state index in [-0.39, 0.29) is 0 Å². The van der Waals surface area contributed by atoms with E-state index in [0.717, 1.165) is 51.4 Å². The molecule has 0 unspecified atom stereocenters. The van der Waals surface area contributed by atoms with Gasteiger partial charge in [-0.3, -0.25) is 0 Å². The highest BCUT2D eigenvalue weighted by molar-refractivity contribution is 7.89. The molecule has 2 aliphatic rings. The van der Waals surface area contributed by atoms with Crippen molar-refractivity contribution in [2.75, 3.05) is 51.6 Å². The Morgan fingerprint density at radius 2 is 1.76 bits per heavy atom. The summed E-state index contributed by atoms with van der Waals surface area (Å²) in [5, 5.41) is 3.32. The fraction of sp³-hybridized carbons (Fsp3) is 1.00. The van der Waals surface area contributed by atoms with E-state index in [1.807, 2.05) is 0 Å². The minimum absolute atomic E-state index is 0.309. The molecule has 0 amide bonds. The molecule has 0 radical (unpaired) electrons. The summed E-state index contributed by atoms with van der Waals surface area (Å²) in [6.07, 6.45) is 5.57. The number of hydrogen-bond acceptors (Lipinski definition) is 4. The third kappa shape index (κ3) is 6.22. The van der Waals surface area contributed by atoms with Gasteiger partial charge in [0.1, 0.15) is 0 Å². The predicted octanol–water partition coefficient (Wildman–Crippen LogP) is 1.12. The molecule has 6 heteroatoms. The van der Waals surface area contributed by atoms with Gasteiger partial charge < -0.3 is 10.2 Å². The van der Waals surface area contributed by atoms with Gasteiger partial charge in [0, 0.05) is 32.7 Å². The number of piperazine rings is 1. The lowest BCUT2D eigenvalue weighted by molar-refractivity contribution is 0.182. The van der Waals surface area contributed by atoms with Crippen molar-refractivity contribution in [2.24, 2.45) is 5.92 Å². The van der Waals surface area contributed by atoms with Crippen molar-refractivity contribution in [3.05, 3.63) is 0 Å². The maximum Gasteiger partial charge on any atom is 0.214 e. The van der Waals surface area contributed by atoms with Crippen LogP contribution in [0.4, 0.5) is 0 Å². The molecule has 21 heavy (non-hydrogen) atoms. The average Bonchev–Trinajstić information content (AvgIpc) is 3.27. The first-order valence-corrected chi connectivity index (χ1v) is 10.1. The molecule has 0 spiro atoms. The van der Waals surface area contributed by atoms with Gasteiger partial charge in [-0.25, -0.2) is 8.42 Å². The first-order chi connectivity index (χ1) is 10.1. The Morgan fingerprint density at radius 3 is 2.38 bits per heavy atom. The van der Waals surface area contributed by atoms with Crippen LogP contribution in [-0.2, 0) is 10.0 Å². The van der Waals surface area contributed by atoms with Crippen LogP contribution in [0.1, 0.15) is 39.0 Å². The first-order valence-electron chi connectivity index (χ1n) is 8.52. The van der Waals surface area contributed by atoms with Crippen LogP contribution < -0.4 is 5.32 Å². The molecule has 1 N–H and O–H groups in total. The fourth-order valence-corrected chi connectivity index (χ4v) is 4.37. The highest BCUT2D eigenvalue weighted by Crippen LogP contribution is 2.30. The SMILES string of the molecule is CCCNCCCCS(=O)(=O)N1CCN(CC2CC2)CC1. The highest BCUT2D eigenvalue weighted by atomic mass is 32.2. The second-order valence-corrected chi connectivity index (χ2v) is 8.50. The van der Waals surface area contributed by atoms with Crippen molar-refractivity contribution in [3.63, 3.8) is 0 Å². The van der Waals surface area contributed by atoms with Gasteiger partial charge in [0.05, 0.1) is 5.75 Å². The quantitative estimate of drug-likeness (QED) is 0.614. The van der Waals surface area contributed by atoms with Gasteiger partial charge in [0.15, 0.2) is 0 Å². The molecule has 1 heterocycles. The molecule has 2 rings (SSSR count). The summed E-state index contributed by atoms with van der Waals surface area (Å²) in [4.78, 5) is 2.43. The lowest BCUT2D eigenvalue weighted by Gasteiger charge is -2.34. The van der Waals surface area contributed by atoms with Gasteiger partial charge in [-0.05, 0) is 51.1 Å². The number of nitrogens with zero attached hydrogens (tertiary/aromatic N) is 2. The zero-order chi connectivity index (χ0) is 15.1. The van der Waals surface area contributed by atoms with Gasteiger partial charge in [-0.2, -0.15) is 4.31 Å². The van der Waals surface area contributed by atoms with Crippen LogP contribution in [-0.4, -0.2) is 69.2 Å². The third-order valence-electron chi connectivity index (χ3n) is 4.37. The van der Waals surface area contributed by atoms with Crippen molar-refractivity contribution in [1.29, 1.82) is 0 Å². The predicted molar refractivity (Wildman–Crippen MR) is 86.9 cm³/mol. The molecule has 124 valence electrons. The lowest BCUT2D eigenvalue weighted by atomic mass is 10.3. The zero-order valence-corrected chi connectivity index (χ0v) is 14.2. The molecule has 1 aliphatic heterocycles. The van der Waals surface area contributed by atoms with E-state index in [1.165, 1.54) is 19.4 Å². The summed E-state index contributed by atoms with van der Waals surface area (Å²) in [6.45, 7) is 8.46. The molecule has 0 aromatic rings. The van der Waals surface area contributed by atoms with Crippen molar-refractivity contribution in [3.8, 4) is 0 Å². The molecular weight excluding hydrogens is 286 g/mol. The molecule has 1 aliphatic carbocycles. The smallest absolute Gasteiger partial charge is 0.214 e. The Balaban J connectivity index is 1.61. The number of nitrogens with one attached hydrogen (secondary N) is 1. The van der Waals surface area contributed by atoms with E-state index >= 15 is 0 Å². The molecule has 0 bridgehead atoms.